The fourth-order valence-corrected chi connectivity index (χ4v) is 10.6. The zero-order valence-corrected chi connectivity index (χ0v) is 62.6. The van der Waals surface area contributed by atoms with Crippen LogP contribution in [0.5, 0.6) is 0 Å². The van der Waals surface area contributed by atoms with Gasteiger partial charge in [0.05, 0.1) is 6.67 Å². The van der Waals surface area contributed by atoms with Crippen molar-refractivity contribution >= 4 is 0 Å². The fourth-order valence-electron chi connectivity index (χ4n) is 10.6. The summed E-state index contributed by atoms with van der Waals surface area (Å²) >= 11 is 0. The first-order chi connectivity index (χ1) is 44.3. The number of rotatable bonds is 16. The van der Waals surface area contributed by atoms with Crippen molar-refractivity contribution < 1.29 is 84.8 Å². The number of alkyl halides is 1. The van der Waals surface area contributed by atoms with E-state index in [0.717, 1.165) is 81.8 Å². The molecule has 0 N–H and O–H groups in total. The summed E-state index contributed by atoms with van der Waals surface area (Å²) in [6, 6.07) is 105. The van der Waals surface area contributed by atoms with Crippen molar-refractivity contribution in [2.24, 2.45) is 5.92 Å². The van der Waals surface area contributed by atoms with Crippen LogP contribution < -0.4 is 0 Å². The van der Waals surface area contributed by atoms with Gasteiger partial charge < -0.3 is 19.9 Å². The van der Waals surface area contributed by atoms with Crippen LogP contribution in [0.2, 0.25) is 0 Å². The first-order valence-corrected chi connectivity index (χ1v) is 31.0. The molecule has 0 amide bonds. The molecule has 4 radical (unpaired) electrons. The topological polar surface area (TPSA) is 51.6 Å². The Morgan fingerprint density at radius 3 is 1.04 bits per heavy atom. The summed E-state index contributed by atoms with van der Waals surface area (Å²) in [7, 11) is 0. The maximum absolute atomic E-state index is 12.2. The minimum Gasteiger partial charge on any atom is -0.305 e. The maximum atomic E-state index is 12.2. The molecule has 0 saturated carbocycles. The van der Waals surface area contributed by atoms with Crippen molar-refractivity contribution in [1.29, 1.82) is 0 Å². The molecule has 0 saturated heterocycles. The summed E-state index contributed by atoms with van der Waals surface area (Å²) in [6.07, 6.45) is 11.9. The molecule has 0 atom stereocenters. The van der Waals surface area contributed by atoms with Gasteiger partial charge in [0, 0.05) is 105 Å². The molecule has 0 aliphatic carbocycles. The second-order valence-electron chi connectivity index (χ2n) is 22.3. The Labute approximate surface area is 610 Å². The van der Waals surface area contributed by atoms with Crippen LogP contribution in [-0.4, -0.2) is 26.6 Å². The monoisotopic (exact) mass is 1940 g/mol. The van der Waals surface area contributed by atoms with Gasteiger partial charge in [-0.05, 0) is 147 Å². The first kappa shape index (κ1) is 75.1. The van der Waals surface area contributed by atoms with Crippen LogP contribution in [0.25, 0.3) is 101 Å². The predicted octanol–water partition coefficient (Wildman–Crippen LogP) is 21.7. The summed E-state index contributed by atoms with van der Waals surface area (Å²) < 4.78 is 12.2. The Kier molecular flexibility index (Phi) is 31.8. The molecule has 0 fully saturated rings. The quantitative estimate of drug-likeness (QED) is 0.0905. The standard InChI is InChI=1S/C23H16N.2C21H20N.C20H17FN.4Ir/c1-2-8-18(9-3-1)19-10-6-11-20(16-19)21-12-7-13-22(17-21)23-14-4-5-15-24-23;1-16(2)13-17-7-5-8-18(14-17)19-9-6-10-20(15-19)21-11-3-4-12-22-21;1-3-16-12-17(4-2)14-20(13-16)18-8-7-9-19(15-18)21-10-5-6-11-22-21;21-13-4-5-16-9-11-17(12-10-16)18-6-3-7-19(15-18)20-8-1-2-14-22-20;;;;/h1-12,14-17H;3-9,11-12,14-16H,13H2,1-2H3;5-8,10-15H,3-4H2,1-2H3;1-3,6,8-12,14-15H,4-5,13H2;;;;/q4*-1;;;;. The molecule has 13 aromatic rings. The van der Waals surface area contributed by atoms with Crippen molar-refractivity contribution in [3.05, 3.63) is 338 Å². The van der Waals surface area contributed by atoms with Crippen molar-refractivity contribution in [1.82, 2.24) is 19.9 Å². The Morgan fingerprint density at radius 2 is 0.649 bits per heavy atom. The fraction of sp³-hybridized carbons (Fsp3) is 0.129. The van der Waals surface area contributed by atoms with E-state index in [1.165, 1.54) is 66.8 Å². The number of nitrogens with zero attached hydrogens (tertiary/aromatic N) is 4. The van der Waals surface area contributed by atoms with Crippen molar-refractivity contribution in [3.63, 3.8) is 0 Å². The van der Waals surface area contributed by atoms with Crippen LogP contribution in [0.3, 0.4) is 0 Å². The molecule has 9 heteroatoms. The average Bonchev–Trinajstić information content (AvgIpc) is 1.48. The molecular formula is C85H73FIr4N4-4. The van der Waals surface area contributed by atoms with Gasteiger partial charge in [-0.3, -0.25) is 4.39 Å². The van der Waals surface area contributed by atoms with E-state index in [1.54, 1.807) is 6.20 Å². The van der Waals surface area contributed by atoms with E-state index >= 15 is 0 Å². The summed E-state index contributed by atoms with van der Waals surface area (Å²) in [5.41, 5.74) is 25.3. The van der Waals surface area contributed by atoms with E-state index in [0.29, 0.717) is 12.3 Å². The smallest absolute Gasteiger partial charge is 0.0897 e. The normalized spacial score (nSPS) is 10.2. The van der Waals surface area contributed by atoms with E-state index in [2.05, 4.69) is 230 Å². The Morgan fingerprint density at radius 1 is 0.309 bits per heavy atom. The largest absolute Gasteiger partial charge is 0.305 e. The van der Waals surface area contributed by atoms with Gasteiger partial charge in [0.2, 0.25) is 0 Å². The van der Waals surface area contributed by atoms with E-state index in [9.17, 15) is 4.39 Å². The average molecular weight is 1940 g/mol. The van der Waals surface area contributed by atoms with E-state index in [-0.39, 0.29) is 87.1 Å². The number of benzene rings is 9. The van der Waals surface area contributed by atoms with E-state index < -0.39 is 0 Å². The van der Waals surface area contributed by atoms with Crippen LogP contribution in [0.15, 0.2) is 292 Å². The zero-order valence-electron chi connectivity index (χ0n) is 53.0. The molecule has 4 aromatic heterocycles. The number of aromatic nitrogens is 4. The predicted molar refractivity (Wildman–Crippen MR) is 373 cm³/mol. The van der Waals surface area contributed by atoms with Gasteiger partial charge in [-0.25, -0.2) is 0 Å². The third-order valence-corrected chi connectivity index (χ3v) is 15.3. The van der Waals surface area contributed by atoms with Crippen LogP contribution >= 0.6 is 0 Å². The van der Waals surface area contributed by atoms with Crippen LogP contribution in [-0.2, 0) is 106 Å². The number of pyridine rings is 4. The van der Waals surface area contributed by atoms with Gasteiger partial charge in [0.25, 0.3) is 0 Å². The Bertz CT molecular complexity index is 4210. The zero-order chi connectivity index (χ0) is 62.1. The number of aryl methyl sites for hydroxylation is 3. The third-order valence-electron chi connectivity index (χ3n) is 15.3. The number of hydrogen-bond acceptors (Lipinski definition) is 4. The van der Waals surface area contributed by atoms with Crippen molar-refractivity contribution in [2.75, 3.05) is 6.67 Å². The Balaban J connectivity index is 0.000000196. The van der Waals surface area contributed by atoms with E-state index in [1.807, 2.05) is 128 Å². The van der Waals surface area contributed by atoms with Crippen LogP contribution in [0.4, 0.5) is 4.39 Å². The van der Waals surface area contributed by atoms with Crippen molar-refractivity contribution in [3.8, 4) is 101 Å². The summed E-state index contributed by atoms with van der Waals surface area (Å²) in [6.45, 7) is 8.66. The van der Waals surface area contributed by atoms with E-state index in [4.69, 9.17) is 0 Å². The van der Waals surface area contributed by atoms with Crippen molar-refractivity contribution in [2.45, 2.75) is 59.8 Å². The molecule has 0 aliphatic heterocycles. The third kappa shape index (κ3) is 22.1. The molecule has 9 aromatic carbocycles. The summed E-state index contributed by atoms with van der Waals surface area (Å²) in [4.78, 5) is 17.6. The second-order valence-corrected chi connectivity index (χ2v) is 22.3. The molecule has 480 valence electrons. The molecule has 94 heavy (non-hydrogen) atoms. The van der Waals surface area contributed by atoms with Crippen LogP contribution in [0.1, 0.15) is 56.4 Å². The molecule has 0 aliphatic rings. The van der Waals surface area contributed by atoms with Gasteiger partial charge in [-0.1, -0.05) is 191 Å². The molecular weight excluding hydrogens is 1860 g/mol. The molecule has 0 bridgehead atoms. The summed E-state index contributed by atoms with van der Waals surface area (Å²) in [5.74, 6) is 0.670. The number of halogens is 1. The molecule has 0 unspecified atom stereocenters. The van der Waals surface area contributed by atoms with Gasteiger partial charge in [-0.2, -0.15) is 0 Å². The molecule has 13 rings (SSSR count). The second kappa shape index (κ2) is 39.7. The first-order valence-electron chi connectivity index (χ1n) is 31.0. The molecule has 4 heterocycles. The summed E-state index contributed by atoms with van der Waals surface area (Å²) in [5, 5.41) is 0. The van der Waals surface area contributed by atoms with Gasteiger partial charge in [0.15, 0.2) is 0 Å². The minimum absolute atomic E-state index is 0. The van der Waals surface area contributed by atoms with Gasteiger partial charge >= 0.3 is 0 Å². The molecule has 4 nitrogen and oxygen atoms in total. The minimum atomic E-state index is -0.260. The van der Waals surface area contributed by atoms with Gasteiger partial charge in [0.1, 0.15) is 0 Å². The maximum Gasteiger partial charge on any atom is 0.0897 e. The SMILES string of the molecule is CC(C)Cc1cccc(-c2cc[c-]c(-c3ccccn3)c2)c1.CCc1cc(CC)cc(-c2cc[c-]c(-c3ccccn3)c2)c1.FCCCc1ccc(-c2cc[c-]c(-c3ccccn3)c2)cc1.[Ir].[Ir].[Ir].[Ir].[c-]1ccc(-c2cccc(-c3ccccc3)c2)cc1-c1ccccn1. The van der Waals surface area contributed by atoms with Crippen LogP contribution in [0, 0.1) is 30.2 Å². The molecule has 0 spiro atoms. The Hall–Kier alpha value is -7.89. The van der Waals surface area contributed by atoms with Gasteiger partial charge in [-0.15, -0.1) is 142 Å². The number of hydrogen-bond donors (Lipinski definition) is 0.